The zero-order valence-corrected chi connectivity index (χ0v) is 13.8. The van der Waals surface area contributed by atoms with E-state index in [1.54, 1.807) is 0 Å². The van der Waals surface area contributed by atoms with Gasteiger partial charge < -0.3 is 15.8 Å². The van der Waals surface area contributed by atoms with E-state index in [0.29, 0.717) is 5.92 Å². The van der Waals surface area contributed by atoms with Crippen LogP contribution in [0.15, 0.2) is 0 Å². The number of rotatable bonds is 2. The minimum atomic E-state index is -0.767. The molecule has 1 aliphatic heterocycles. The number of nitrogens with one attached hydrogen (secondary N) is 1. The molecule has 2 aliphatic carbocycles. The lowest BCUT2D eigenvalue weighted by atomic mass is 9.48. The highest BCUT2D eigenvalue weighted by Crippen LogP contribution is 2.58. The fraction of sp³-hybridized carbons (Fsp3) is 0.941. The second-order valence-corrected chi connectivity index (χ2v) is 8.25. The van der Waals surface area contributed by atoms with Gasteiger partial charge in [0.1, 0.15) is 5.54 Å². The highest BCUT2D eigenvalue weighted by molar-refractivity contribution is 5.89. The monoisotopic (exact) mass is 294 g/mol. The average molecular weight is 294 g/mol. The number of carbonyl (C=O) groups excluding carboxylic acids is 1. The normalized spacial score (nSPS) is 48.3. The first kappa shape index (κ1) is 15.3. The van der Waals surface area contributed by atoms with Gasteiger partial charge in [0.05, 0.1) is 6.10 Å². The fourth-order valence-electron chi connectivity index (χ4n) is 5.01. The van der Waals surface area contributed by atoms with Crippen molar-refractivity contribution in [3.8, 4) is 0 Å². The molecular formula is C17H30N2O2. The quantitative estimate of drug-likeness (QED) is 0.819. The number of amides is 1. The number of fused-ring (bicyclic) bond motifs is 1. The van der Waals surface area contributed by atoms with Crippen molar-refractivity contribution in [2.45, 2.75) is 71.1 Å². The lowest BCUT2D eigenvalue weighted by Crippen LogP contribution is -2.80. The summed E-state index contributed by atoms with van der Waals surface area (Å²) in [6.45, 7) is 9.44. The van der Waals surface area contributed by atoms with Crippen LogP contribution in [0.4, 0.5) is 0 Å². The van der Waals surface area contributed by atoms with Crippen molar-refractivity contribution < 1.29 is 9.53 Å². The van der Waals surface area contributed by atoms with Crippen LogP contribution in [0.1, 0.15) is 53.4 Å². The molecule has 0 radical (unpaired) electrons. The summed E-state index contributed by atoms with van der Waals surface area (Å²) in [6, 6.07) is 0.284. The third-order valence-electron chi connectivity index (χ3n) is 6.58. The molecule has 0 spiro atoms. The molecule has 1 saturated heterocycles. The van der Waals surface area contributed by atoms with Crippen LogP contribution in [0.5, 0.6) is 0 Å². The van der Waals surface area contributed by atoms with E-state index in [9.17, 15) is 4.79 Å². The minimum Gasteiger partial charge on any atom is -0.377 e. The summed E-state index contributed by atoms with van der Waals surface area (Å²) in [4.78, 5) is 12.9. The van der Waals surface area contributed by atoms with Crippen molar-refractivity contribution in [1.82, 2.24) is 5.32 Å². The second kappa shape index (κ2) is 4.95. The first-order valence-electron chi connectivity index (χ1n) is 8.50. The van der Waals surface area contributed by atoms with Gasteiger partial charge in [0.25, 0.3) is 0 Å². The molecule has 0 aromatic carbocycles. The average Bonchev–Trinajstić information content (AvgIpc) is 2.89. The Labute approximate surface area is 128 Å². The molecule has 1 heterocycles. The smallest absolute Gasteiger partial charge is 0.241 e. The molecular weight excluding hydrogens is 264 g/mol. The van der Waals surface area contributed by atoms with E-state index in [0.717, 1.165) is 25.4 Å². The maximum atomic E-state index is 12.9. The molecule has 0 aromatic heterocycles. The van der Waals surface area contributed by atoms with Crippen LogP contribution < -0.4 is 11.1 Å². The Morgan fingerprint density at radius 3 is 2.62 bits per heavy atom. The zero-order valence-electron chi connectivity index (χ0n) is 13.8. The molecule has 0 aromatic rings. The van der Waals surface area contributed by atoms with Gasteiger partial charge in [0.2, 0.25) is 5.91 Å². The highest BCUT2D eigenvalue weighted by Gasteiger charge is 2.71. The Kier molecular flexibility index (Phi) is 3.61. The van der Waals surface area contributed by atoms with Gasteiger partial charge in [-0.05, 0) is 37.5 Å². The van der Waals surface area contributed by atoms with Gasteiger partial charge in [-0.25, -0.2) is 0 Å². The van der Waals surface area contributed by atoms with E-state index < -0.39 is 5.54 Å². The van der Waals surface area contributed by atoms with Crippen LogP contribution in [-0.2, 0) is 9.53 Å². The summed E-state index contributed by atoms with van der Waals surface area (Å²) >= 11 is 0. The third-order valence-corrected chi connectivity index (χ3v) is 6.58. The fourth-order valence-corrected chi connectivity index (χ4v) is 5.01. The van der Waals surface area contributed by atoms with E-state index in [2.05, 4.69) is 33.0 Å². The predicted octanol–water partition coefficient (Wildman–Crippen LogP) is 2.07. The molecule has 3 rings (SSSR count). The molecule has 1 amide bonds. The van der Waals surface area contributed by atoms with Crippen molar-refractivity contribution in [2.24, 2.45) is 28.9 Å². The summed E-state index contributed by atoms with van der Waals surface area (Å²) < 4.78 is 5.78. The lowest BCUT2D eigenvalue weighted by Gasteiger charge is -2.61. The number of ether oxygens (including phenoxy) is 1. The van der Waals surface area contributed by atoms with E-state index in [1.165, 1.54) is 12.8 Å². The highest BCUT2D eigenvalue weighted by atomic mass is 16.5. The van der Waals surface area contributed by atoms with Gasteiger partial charge in [-0.3, -0.25) is 4.79 Å². The molecule has 120 valence electrons. The Morgan fingerprint density at radius 1 is 1.24 bits per heavy atom. The van der Waals surface area contributed by atoms with Gasteiger partial charge in [-0.2, -0.15) is 0 Å². The van der Waals surface area contributed by atoms with Crippen molar-refractivity contribution >= 4 is 5.91 Å². The summed E-state index contributed by atoms with van der Waals surface area (Å²) in [5.41, 5.74) is 5.57. The Bertz CT molecular complexity index is 437. The standard InChI is InChI=1S/C17H30N2O2/c1-10-5-6-13(11(2)9-10)19-15(20)17(18)12-7-8-21-14(12)16(17,3)4/h10-14H,5-9,18H2,1-4H3,(H,19,20). The van der Waals surface area contributed by atoms with E-state index >= 15 is 0 Å². The molecule has 0 bridgehead atoms. The first-order chi connectivity index (χ1) is 9.78. The molecule has 2 saturated carbocycles. The minimum absolute atomic E-state index is 0.0469. The SMILES string of the molecule is CC1CCC(NC(=O)C2(N)C3CCOC3C2(C)C)C(C)C1. The molecule has 3 fully saturated rings. The number of carbonyl (C=O) groups is 1. The summed E-state index contributed by atoms with van der Waals surface area (Å²) in [6.07, 6.45) is 4.54. The van der Waals surface area contributed by atoms with Gasteiger partial charge in [0.15, 0.2) is 0 Å². The summed E-state index contributed by atoms with van der Waals surface area (Å²) in [7, 11) is 0. The van der Waals surface area contributed by atoms with Crippen molar-refractivity contribution in [1.29, 1.82) is 0 Å². The maximum Gasteiger partial charge on any atom is 0.241 e. The van der Waals surface area contributed by atoms with Crippen LogP contribution in [0, 0.1) is 23.2 Å². The first-order valence-corrected chi connectivity index (χ1v) is 8.50. The maximum absolute atomic E-state index is 12.9. The van der Waals surface area contributed by atoms with Gasteiger partial charge >= 0.3 is 0 Å². The number of nitrogens with two attached hydrogens (primary N) is 1. The van der Waals surface area contributed by atoms with Crippen molar-refractivity contribution in [2.75, 3.05) is 6.61 Å². The van der Waals surface area contributed by atoms with Crippen LogP contribution >= 0.6 is 0 Å². The molecule has 4 nitrogen and oxygen atoms in total. The van der Waals surface area contributed by atoms with E-state index in [-0.39, 0.29) is 29.4 Å². The van der Waals surface area contributed by atoms with E-state index in [4.69, 9.17) is 10.5 Å². The van der Waals surface area contributed by atoms with E-state index in [1.807, 2.05) is 0 Å². The number of hydrogen-bond acceptors (Lipinski definition) is 3. The van der Waals surface area contributed by atoms with Gasteiger partial charge in [-0.1, -0.05) is 27.7 Å². The molecule has 21 heavy (non-hydrogen) atoms. The summed E-state index contributed by atoms with van der Waals surface area (Å²) in [5.74, 6) is 1.55. The molecule has 6 atom stereocenters. The van der Waals surface area contributed by atoms with Crippen LogP contribution in [-0.4, -0.2) is 30.2 Å². The molecule has 4 heteroatoms. The predicted molar refractivity (Wildman–Crippen MR) is 82.7 cm³/mol. The van der Waals surface area contributed by atoms with Crippen molar-refractivity contribution in [3.63, 3.8) is 0 Å². The van der Waals surface area contributed by atoms with Gasteiger partial charge in [-0.15, -0.1) is 0 Å². The largest absolute Gasteiger partial charge is 0.377 e. The third kappa shape index (κ3) is 2.06. The van der Waals surface area contributed by atoms with Crippen LogP contribution in [0.25, 0.3) is 0 Å². The Hall–Kier alpha value is -0.610. The molecule has 3 aliphatic rings. The van der Waals surface area contributed by atoms with Gasteiger partial charge in [0, 0.05) is 24.0 Å². The molecule has 3 N–H and O–H groups in total. The van der Waals surface area contributed by atoms with Crippen LogP contribution in [0.2, 0.25) is 0 Å². The van der Waals surface area contributed by atoms with Crippen molar-refractivity contribution in [3.05, 3.63) is 0 Å². The Morgan fingerprint density at radius 2 is 1.95 bits per heavy atom. The second-order valence-electron chi connectivity index (χ2n) is 8.25. The zero-order chi connectivity index (χ0) is 15.4. The number of hydrogen-bond donors (Lipinski definition) is 2. The molecule has 6 unspecified atom stereocenters. The van der Waals surface area contributed by atoms with Crippen LogP contribution in [0.3, 0.4) is 0 Å². The topological polar surface area (TPSA) is 64.4 Å². The Balaban J connectivity index is 1.70. The summed E-state index contributed by atoms with van der Waals surface area (Å²) in [5, 5.41) is 3.28. The lowest BCUT2D eigenvalue weighted by molar-refractivity contribution is -0.176.